The third-order valence-corrected chi connectivity index (χ3v) is 4.60. The lowest BCUT2D eigenvalue weighted by Crippen LogP contribution is -2.41. The average molecular weight is 370 g/mol. The molecule has 0 bridgehead atoms. The van der Waals surface area contributed by atoms with E-state index in [1.54, 1.807) is 26.0 Å². The minimum Gasteiger partial charge on any atom is -0.464 e. The van der Waals surface area contributed by atoms with Crippen LogP contribution in [0.25, 0.3) is 0 Å². The largest absolute Gasteiger partial charge is 0.464 e. The third kappa shape index (κ3) is 4.27. The summed E-state index contributed by atoms with van der Waals surface area (Å²) in [5.74, 6) is -0.936. The number of hydrogen-bond acceptors (Lipinski definition) is 4. The van der Waals surface area contributed by atoms with Crippen molar-refractivity contribution in [2.45, 2.75) is 40.7 Å². The van der Waals surface area contributed by atoms with Gasteiger partial charge in [-0.25, -0.2) is 4.79 Å². The van der Waals surface area contributed by atoms with Crippen LogP contribution in [0.1, 0.15) is 61.9 Å². The smallest absolute Gasteiger partial charge is 0.354 e. The molecular weight excluding hydrogens is 344 g/mol. The first-order chi connectivity index (χ1) is 12.7. The summed E-state index contributed by atoms with van der Waals surface area (Å²) in [5.41, 5.74) is 3.42. The second-order valence-corrected chi connectivity index (χ2v) is 6.93. The number of carbonyl (C=O) groups excluding carboxylic acids is 3. The molecule has 0 unspecified atom stereocenters. The van der Waals surface area contributed by atoms with E-state index in [9.17, 15) is 14.4 Å². The van der Waals surface area contributed by atoms with Gasteiger partial charge in [0.2, 0.25) is 0 Å². The molecule has 2 rings (SSSR count). The predicted molar refractivity (Wildman–Crippen MR) is 103 cm³/mol. The molecule has 0 atom stereocenters. The molecule has 0 aliphatic carbocycles. The van der Waals surface area contributed by atoms with E-state index < -0.39 is 5.97 Å². The number of carbonyl (C=O) groups is 3. The summed E-state index contributed by atoms with van der Waals surface area (Å²) >= 11 is 0. The summed E-state index contributed by atoms with van der Waals surface area (Å²) in [4.78, 5) is 42.1. The van der Waals surface area contributed by atoms with Crippen LogP contribution < -0.4 is 0 Å². The van der Waals surface area contributed by atoms with Crippen molar-refractivity contribution in [3.8, 4) is 0 Å². The molecule has 2 aromatic rings. The Kier molecular flexibility index (Phi) is 6.20. The van der Waals surface area contributed by atoms with Crippen LogP contribution in [0.2, 0.25) is 0 Å². The monoisotopic (exact) mass is 370 g/mol. The minimum atomic E-state index is -0.522. The van der Waals surface area contributed by atoms with Gasteiger partial charge in [-0.1, -0.05) is 17.7 Å². The number of methoxy groups -OCH3 is 1. The maximum absolute atomic E-state index is 12.9. The van der Waals surface area contributed by atoms with Gasteiger partial charge in [-0.3, -0.25) is 9.59 Å². The zero-order valence-electron chi connectivity index (χ0n) is 16.7. The summed E-state index contributed by atoms with van der Waals surface area (Å²) in [7, 11) is 1.29. The molecule has 0 aliphatic rings. The third-order valence-electron chi connectivity index (χ3n) is 4.60. The number of hydrogen-bond donors (Lipinski definition) is 1. The molecule has 0 radical (unpaired) electrons. The fourth-order valence-corrected chi connectivity index (χ4v) is 3.06. The Balaban J connectivity index is 2.30. The van der Waals surface area contributed by atoms with Crippen LogP contribution in [-0.4, -0.2) is 47.2 Å². The fraction of sp³-hybridized carbons (Fsp3) is 0.381. The number of aryl methyl sites for hydroxylation is 2. The number of nitrogens with zero attached hydrogens (tertiary/aromatic N) is 1. The van der Waals surface area contributed by atoms with Gasteiger partial charge >= 0.3 is 5.97 Å². The van der Waals surface area contributed by atoms with Gasteiger partial charge in [0, 0.05) is 22.9 Å². The Hall–Kier alpha value is -2.89. The Morgan fingerprint density at radius 3 is 2.19 bits per heavy atom. The maximum Gasteiger partial charge on any atom is 0.354 e. The van der Waals surface area contributed by atoms with Gasteiger partial charge in [0.15, 0.2) is 5.78 Å². The summed E-state index contributed by atoms with van der Waals surface area (Å²) in [6, 6.07) is 7.12. The lowest BCUT2D eigenvalue weighted by atomic mass is 10.0. The van der Waals surface area contributed by atoms with Gasteiger partial charge in [0.05, 0.1) is 13.7 Å². The molecule has 1 N–H and O–H groups in total. The topological polar surface area (TPSA) is 79.5 Å². The number of aromatic amines is 1. The number of benzene rings is 1. The molecular formula is C21H26N2O4. The molecule has 1 aromatic heterocycles. The predicted octanol–water partition coefficient (Wildman–Crippen LogP) is 3.46. The lowest BCUT2D eigenvalue weighted by molar-refractivity contribution is 0.0593. The molecule has 0 spiro atoms. The van der Waals surface area contributed by atoms with Crippen molar-refractivity contribution < 1.29 is 19.1 Å². The van der Waals surface area contributed by atoms with E-state index in [0.717, 1.165) is 5.56 Å². The van der Waals surface area contributed by atoms with Crippen LogP contribution in [0.5, 0.6) is 0 Å². The van der Waals surface area contributed by atoms with Crippen LogP contribution in [0.4, 0.5) is 0 Å². The Morgan fingerprint density at radius 1 is 1.07 bits per heavy atom. The first kappa shape index (κ1) is 20.4. The molecule has 1 amide bonds. The van der Waals surface area contributed by atoms with E-state index >= 15 is 0 Å². The molecule has 6 nitrogen and oxygen atoms in total. The first-order valence-electron chi connectivity index (χ1n) is 8.85. The lowest BCUT2D eigenvalue weighted by Gasteiger charge is -2.26. The second-order valence-electron chi connectivity index (χ2n) is 6.93. The molecule has 0 saturated carbocycles. The van der Waals surface area contributed by atoms with Gasteiger partial charge in [-0.15, -0.1) is 0 Å². The molecule has 27 heavy (non-hydrogen) atoms. The minimum absolute atomic E-state index is 0.0650. The van der Waals surface area contributed by atoms with Crippen molar-refractivity contribution in [2.75, 3.05) is 13.7 Å². The molecule has 0 saturated heterocycles. The zero-order valence-corrected chi connectivity index (χ0v) is 16.7. The highest BCUT2D eigenvalue weighted by Gasteiger charge is 2.27. The highest BCUT2D eigenvalue weighted by atomic mass is 16.5. The van der Waals surface area contributed by atoms with Crippen molar-refractivity contribution in [3.05, 3.63) is 57.9 Å². The zero-order chi connectivity index (χ0) is 20.3. The van der Waals surface area contributed by atoms with E-state index in [0.29, 0.717) is 22.4 Å². The highest BCUT2D eigenvalue weighted by molar-refractivity contribution is 6.05. The average Bonchev–Trinajstić information content (AvgIpc) is 2.93. The van der Waals surface area contributed by atoms with Gasteiger partial charge in [-0.05, 0) is 52.3 Å². The Bertz CT molecular complexity index is 863. The normalized spacial score (nSPS) is 10.8. The summed E-state index contributed by atoms with van der Waals surface area (Å²) in [6.07, 6.45) is 0. The summed E-state index contributed by atoms with van der Waals surface area (Å²) in [6.45, 7) is 9.06. The van der Waals surface area contributed by atoms with Gasteiger partial charge < -0.3 is 14.6 Å². The van der Waals surface area contributed by atoms with E-state index in [-0.39, 0.29) is 30.0 Å². The van der Waals surface area contributed by atoms with Crippen LogP contribution in [-0.2, 0) is 4.74 Å². The number of H-pyrrole nitrogens is 1. The number of ketones is 1. The Labute approximate surface area is 159 Å². The van der Waals surface area contributed by atoms with Crippen LogP contribution >= 0.6 is 0 Å². The maximum atomic E-state index is 12.9. The van der Waals surface area contributed by atoms with Crippen LogP contribution in [0.3, 0.4) is 0 Å². The molecule has 0 fully saturated rings. The molecule has 144 valence electrons. The summed E-state index contributed by atoms with van der Waals surface area (Å²) < 4.78 is 4.74. The second kappa shape index (κ2) is 8.20. The van der Waals surface area contributed by atoms with Crippen molar-refractivity contribution in [1.29, 1.82) is 0 Å². The van der Waals surface area contributed by atoms with Gasteiger partial charge in [0.25, 0.3) is 5.91 Å². The molecule has 6 heteroatoms. The van der Waals surface area contributed by atoms with Crippen molar-refractivity contribution in [3.63, 3.8) is 0 Å². The fourth-order valence-electron chi connectivity index (χ4n) is 3.06. The number of rotatable bonds is 6. The van der Waals surface area contributed by atoms with E-state index in [1.807, 2.05) is 32.9 Å². The van der Waals surface area contributed by atoms with Crippen molar-refractivity contribution in [2.24, 2.45) is 0 Å². The standard InChI is InChI=1S/C21H26N2O4/c1-12(2)23(20(25)16-9-7-13(3)8-10-16)11-17(24)18-14(4)19(21(26)27-6)22-15(18)5/h7-10,12,22H,11H2,1-6H3. The van der Waals surface area contributed by atoms with Crippen LogP contribution in [0.15, 0.2) is 24.3 Å². The van der Waals surface area contributed by atoms with Gasteiger partial charge in [-0.2, -0.15) is 0 Å². The molecule has 1 aromatic carbocycles. The highest BCUT2D eigenvalue weighted by Crippen LogP contribution is 2.21. The van der Waals surface area contributed by atoms with E-state index in [4.69, 9.17) is 4.74 Å². The molecule has 0 aliphatic heterocycles. The van der Waals surface area contributed by atoms with Crippen molar-refractivity contribution >= 4 is 17.7 Å². The van der Waals surface area contributed by atoms with E-state index in [1.165, 1.54) is 12.0 Å². The Morgan fingerprint density at radius 2 is 1.67 bits per heavy atom. The van der Waals surface area contributed by atoms with Crippen LogP contribution in [0, 0.1) is 20.8 Å². The van der Waals surface area contributed by atoms with E-state index in [2.05, 4.69) is 4.98 Å². The quantitative estimate of drug-likeness (QED) is 0.624. The number of nitrogens with one attached hydrogen (secondary N) is 1. The number of Topliss-reactive ketones (excluding diaryl/α,β-unsaturated/α-hetero) is 1. The molecule has 1 heterocycles. The SMILES string of the molecule is COC(=O)c1[nH]c(C)c(C(=O)CN(C(=O)c2ccc(C)cc2)C(C)C)c1C. The summed E-state index contributed by atoms with van der Waals surface area (Å²) in [5, 5.41) is 0. The number of amides is 1. The van der Waals surface area contributed by atoms with Gasteiger partial charge in [0.1, 0.15) is 5.69 Å². The number of aromatic nitrogens is 1. The first-order valence-corrected chi connectivity index (χ1v) is 8.85. The number of esters is 1. The van der Waals surface area contributed by atoms with Crippen molar-refractivity contribution in [1.82, 2.24) is 9.88 Å². The number of ether oxygens (including phenoxy) is 1.